The number of benzene rings is 2. The van der Waals surface area contributed by atoms with Gasteiger partial charge in [0.05, 0.1) is 18.9 Å². The van der Waals surface area contributed by atoms with Gasteiger partial charge in [-0.1, -0.05) is 17.3 Å². The first-order chi connectivity index (χ1) is 12.9. The number of nitrogens with zero attached hydrogens (tertiary/aromatic N) is 1. The van der Waals surface area contributed by atoms with Crippen molar-refractivity contribution in [2.45, 2.75) is 0 Å². The second kappa shape index (κ2) is 7.50. The maximum atomic E-state index is 12.4. The first-order valence-corrected chi connectivity index (χ1v) is 9.74. The van der Waals surface area contributed by atoms with Crippen molar-refractivity contribution in [2.24, 2.45) is 0 Å². The number of ether oxygens (including phenoxy) is 1. The van der Waals surface area contributed by atoms with E-state index in [0.29, 0.717) is 28.4 Å². The van der Waals surface area contributed by atoms with Crippen LogP contribution in [0.25, 0.3) is 11.3 Å². The summed E-state index contributed by atoms with van der Waals surface area (Å²) >= 11 is 0. The van der Waals surface area contributed by atoms with Crippen molar-refractivity contribution in [3.8, 4) is 17.1 Å². The largest absolute Gasteiger partial charge is 0.496 e. The van der Waals surface area contributed by atoms with Crippen LogP contribution in [-0.4, -0.2) is 32.8 Å². The minimum absolute atomic E-state index is 0.106. The molecule has 3 rings (SSSR count). The first kappa shape index (κ1) is 18.5. The molecule has 0 bridgehead atoms. The van der Waals surface area contributed by atoms with Gasteiger partial charge in [-0.25, -0.2) is 8.42 Å². The molecule has 8 nitrogen and oxygen atoms in total. The standard InChI is InChI=1S/C18H17N3O5S/c1-25-16-6-4-3-5-14(16)17-11-15(20-26-17)18(22)19-12-7-9-13(10-8-12)21-27(2,23)24/h3-11,21H,1-2H3,(H,19,22). The summed E-state index contributed by atoms with van der Waals surface area (Å²) in [5.41, 5.74) is 1.67. The summed E-state index contributed by atoms with van der Waals surface area (Å²) in [4.78, 5) is 12.4. The fourth-order valence-corrected chi connectivity index (χ4v) is 2.95. The van der Waals surface area contributed by atoms with Crippen LogP contribution < -0.4 is 14.8 Å². The molecule has 3 aromatic rings. The minimum Gasteiger partial charge on any atom is -0.496 e. The maximum Gasteiger partial charge on any atom is 0.277 e. The zero-order valence-electron chi connectivity index (χ0n) is 14.6. The Morgan fingerprint density at radius 1 is 1.07 bits per heavy atom. The van der Waals surface area contributed by atoms with Gasteiger partial charge in [-0.3, -0.25) is 9.52 Å². The Hall–Kier alpha value is -3.33. The Bertz CT molecular complexity index is 1060. The van der Waals surface area contributed by atoms with Gasteiger partial charge in [0.25, 0.3) is 5.91 Å². The van der Waals surface area contributed by atoms with Crippen molar-refractivity contribution in [2.75, 3.05) is 23.4 Å². The monoisotopic (exact) mass is 387 g/mol. The number of nitrogens with one attached hydrogen (secondary N) is 2. The van der Waals surface area contributed by atoms with Gasteiger partial charge in [0.15, 0.2) is 11.5 Å². The number of amides is 1. The number of methoxy groups -OCH3 is 1. The van der Waals surface area contributed by atoms with Gasteiger partial charge in [-0.2, -0.15) is 0 Å². The van der Waals surface area contributed by atoms with Gasteiger partial charge in [0, 0.05) is 17.4 Å². The summed E-state index contributed by atoms with van der Waals surface area (Å²) in [5, 5.41) is 6.47. The lowest BCUT2D eigenvalue weighted by atomic mass is 10.1. The predicted octanol–water partition coefficient (Wildman–Crippen LogP) is 2.97. The molecule has 0 fully saturated rings. The normalized spacial score (nSPS) is 11.0. The molecule has 1 aromatic heterocycles. The van der Waals surface area contributed by atoms with E-state index in [1.54, 1.807) is 43.5 Å². The minimum atomic E-state index is -3.36. The number of rotatable bonds is 6. The van der Waals surface area contributed by atoms with Crippen molar-refractivity contribution < 1.29 is 22.5 Å². The van der Waals surface area contributed by atoms with E-state index in [0.717, 1.165) is 6.26 Å². The fraction of sp³-hybridized carbons (Fsp3) is 0.111. The number of anilines is 2. The molecule has 0 aliphatic rings. The second-order valence-corrected chi connectivity index (χ2v) is 7.43. The van der Waals surface area contributed by atoms with Crippen LogP contribution in [0.2, 0.25) is 0 Å². The van der Waals surface area contributed by atoms with Gasteiger partial charge in [-0.05, 0) is 36.4 Å². The third-order valence-corrected chi connectivity index (χ3v) is 4.17. The Morgan fingerprint density at radius 2 is 1.74 bits per heavy atom. The lowest BCUT2D eigenvalue weighted by molar-refractivity contribution is 0.101. The van der Waals surface area contributed by atoms with Crippen LogP contribution in [-0.2, 0) is 10.0 Å². The summed E-state index contributed by atoms with van der Waals surface area (Å²) in [6, 6.07) is 15.0. The SMILES string of the molecule is COc1ccccc1-c1cc(C(=O)Nc2ccc(NS(C)(=O)=O)cc2)no1. The smallest absolute Gasteiger partial charge is 0.277 e. The Balaban J connectivity index is 1.73. The molecule has 0 unspecified atom stereocenters. The third-order valence-electron chi connectivity index (χ3n) is 3.56. The van der Waals surface area contributed by atoms with Crippen molar-refractivity contribution in [3.63, 3.8) is 0 Å². The maximum absolute atomic E-state index is 12.4. The fourth-order valence-electron chi connectivity index (χ4n) is 2.39. The number of aromatic nitrogens is 1. The molecule has 0 saturated carbocycles. The summed E-state index contributed by atoms with van der Waals surface area (Å²) in [5.74, 6) is 0.559. The Morgan fingerprint density at radius 3 is 2.41 bits per heavy atom. The van der Waals surface area contributed by atoms with Crippen LogP contribution >= 0.6 is 0 Å². The molecular weight excluding hydrogens is 370 g/mol. The van der Waals surface area contributed by atoms with Crippen LogP contribution in [0, 0.1) is 0 Å². The highest BCUT2D eigenvalue weighted by Gasteiger charge is 2.16. The van der Waals surface area contributed by atoms with Crippen molar-refractivity contribution in [3.05, 3.63) is 60.3 Å². The zero-order chi connectivity index (χ0) is 19.4. The van der Waals surface area contributed by atoms with Gasteiger partial charge in [-0.15, -0.1) is 0 Å². The van der Waals surface area contributed by atoms with Gasteiger partial charge in [0.2, 0.25) is 10.0 Å². The van der Waals surface area contributed by atoms with Crippen molar-refractivity contribution >= 4 is 27.3 Å². The van der Waals surface area contributed by atoms with Crippen LogP contribution in [0.5, 0.6) is 5.75 Å². The van der Waals surface area contributed by atoms with Gasteiger partial charge >= 0.3 is 0 Å². The van der Waals surface area contributed by atoms with Crippen molar-refractivity contribution in [1.82, 2.24) is 5.16 Å². The lowest BCUT2D eigenvalue weighted by Gasteiger charge is -2.06. The van der Waals surface area contributed by atoms with Crippen LogP contribution in [0.1, 0.15) is 10.5 Å². The Labute approximate surface area is 156 Å². The molecule has 27 heavy (non-hydrogen) atoms. The van der Waals surface area contributed by atoms with E-state index in [4.69, 9.17) is 9.26 Å². The molecule has 2 aromatic carbocycles. The molecule has 0 saturated heterocycles. The summed E-state index contributed by atoms with van der Waals surface area (Å²) in [6.07, 6.45) is 1.06. The van der Waals surface area contributed by atoms with E-state index in [-0.39, 0.29) is 5.69 Å². The highest BCUT2D eigenvalue weighted by Crippen LogP contribution is 2.30. The molecule has 140 valence electrons. The quantitative estimate of drug-likeness (QED) is 0.673. The molecule has 0 aliphatic carbocycles. The highest BCUT2D eigenvalue weighted by molar-refractivity contribution is 7.92. The number of carbonyl (C=O) groups excluding carboxylic acids is 1. The molecule has 0 radical (unpaired) electrons. The molecule has 9 heteroatoms. The molecule has 1 amide bonds. The molecule has 1 heterocycles. The molecule has 0 aliphatic heterocycles. The van der Waals surface area contributed by atoms with Crippen molar-refractivity contribution in [1.29, 1.82) is 0 Å². The summed E-state index contributed by atoms with van der Waals surface area (Å²) < 4.78 is 35.3. The van der Waals surface area contributed by atoms with Crippen LogP contribution in [0.3, 0.4) is 0 Å². The molecule has 0 atom stereocenters. The summed E-state index contributed by atoms with van der Waals surface area (Å²) in [7, 11) is -1.81. The van der Waals surface area contributed by atoms with E-state index in [1.807, 2.05) is 12.1 Å². The zero-order valence-corrected chi connectivity index (χ0v) is 15.4. The molecule has 0 spiro atoms. The van der Waals surface area contributed by atoms with E-state index in [2.05, 4.69) is 15.2 Å². The van der Waals surface area contributed by atoms with E-state index < -0.39 is 15.9 Å². The predicted molar refractivity (Wildman–Crippen MR) is 101 cm³/mol. The average Bonchev–Trinajstić information content (AvgIpc) is 3.12. The molecule has 2 N–H and O–H groups in total. The third kappa shape index (κ3) is 4.64. The number of hydrogen-bond acceptors (Lipinski definition) is 6. The second-order valence-electron chi connectivity index (χ2n) is 5.68. The molecular formula is C18H17N3O5S. The number of hydrogen-bond donors (Lipinski definition) is 2. The van der Waals surface area contributed by atoms with Crippen LogP contribution in [0.15, 0.2) is 59.1 Å². The number of sulfonamides is 1. The van der Waals surface area contributed by atoms with Gasteiger partial charge in [0.1, 0.15) is 5.75 Å². The topological polar surface area (TPSA) is 111 Å². The Kier molecular flexibility index (Phi) is 5.13. The number of para-hydroxylation sites is 1. The number of carbonyl (C=O) groups is 1. The average molecular weight is 387 g/mol. The van der Waals surface area contributed by atoms with E-state index >= 15 is 0 Å². The van der Waals surface area contributed by atoms with Gasteiger partial charge < -0.3 is 14.6 Å². The van der Waals surface area contributed by atoms with E-state index in [1.165, 1.54) is 6.07 Å². The first-order valence-electron chi connectivity index (χ1n) is 7.85. The summed E-state index contributed by atoms with van der Waals surface area (Å²) in [6.45, 7) is 0. The lowest BCUT2D eigenvalue weighted by Crippen LogP contribution is -2.12. The highest BCUT2D eigenvalue weighted by atomic mass is 32.2. The van der Waals surface area contributed by atoms with E-state index in [9.17, 15) is 13.2 Å². The van der Waals surface area contributed by atoms with Crippen LogP contribution in [0.4, 0.5) is 11.4 Å².